The molecule has 1 rings (SSSR count). The summed E-state index contributed by atoms with van der Waals surface area (Å²) in [7, 11) is 0. The molecule has 84 valence electrons. The standard InChI is InChI=1S/C10H16BrN3O/c1-6(2)9(15)5-14-10-8(12)3-7(11)4-13-10/h3-4,6,9,15H,5,12H2,1-2H3,(H,13,14). The van der Waals surface area contributed by atoms with Gasteiger partial charge in [0.25, 0.3) is 0 Å². The molecule has 0 fully saturated rings. The average Bonchev–Trinajstić information content (AvgIpc) is 2.15. The molecule has 1 atom stereocenters. The first-order chi connectivity index (χ1) is 7.00. The Labute approximate surface area is 98.0 Å². The van der Waals surface area contributed by atoms with Crippen LogP contribution in [0.15, 0.2) is 16.7 Å². The van der Waals surface area contributed by atoms with E-state index in [1.54, 1.807) is 12.3 Å². The number of aromatic nitrogens is 1. The molecule has 0 aliphatic heterocycles. The Morgan fingerprint density at radius 1 is 1.60 bits per heavy atom. The first-order valence-corrected chi connectivity index (χ1v) is 5.63. The molecule has 5 heteroatoms. The smallest absolute Gasteiger partial charge is 0.149 e. The highest BCUT2D eigenvalue weighted by Gasteiger charge is 2.09. The Morgan fingerprint density at radius 2 is 2.27 bits per heavy atom. The molecular weight excluding hydrogens is 258 g/mol. The first-order valence-electron chi connectivity index (χ1n) is 4.83. The Morgan fingerprint density at radius 3 is 2.80 bits per heavy atom. The molecule has 1 aromatic heterocycles. The first kappa shape index (κ1) is 12.3. The summed E-state index contributed by atoms with van der Waals surface area (Å²) in [4.78, 5) is 4.12. The Bertz CT molecular complexity index is 330. The molecule has 0 amide bonds. The van der Waals surface area contributed by atoms with Gasteiger partial charge in [0.1, 0.15) is 5.82 Å². The zero-order chi connectivity index (χ0) is 11.4. The molecule has 1 unspecified atom stereocenters. The van der Waals surface area contributed by atoms with Crippen molar-refractivity contribution in [3.8, 4) is 0 Å². The molecule has 0 saturated heterocycles. The third kappa shape index (κ3) is 3.68. The maximum atomic E-state index is 9.59. The number of nitrogens with zero attached hydrogens (tertiary/aromatic N) is 1. The van der Waals surface area contributed by atoms with Crippen molar-refractivity contribution < 1.29 is 5.11 Å². The lowest BCUT2D eigenvalue weighted by Gasteiger charge is -2.16. The second-order valence-corrected chi connectivity index (χ2v) is 4.70. The highest BCUT2D eigenvalue weighted by molar-refractivity contribution is 9.10. The second-order valence-electron chi connectivity index (χ2n) is 3.78. The quantitative estimate of drug-likeness (QED) is 0.783. The SMILES string of the molecule is CC(C)C(O)CNc1ncc(Br)cc1N. The molecule has 0 aliphatic carbocycles. The predicted molar refractivity (Wildman–Crippen MR) is 65.7 cm³/mol. The molecule has 0 radical (unpaired) electrons. The third-order valence-corrected chi connectivity index (χ3v) is 2.57. The maximum absolute atomic E-state index is 9.59. The van der Waals surface area contributed by atoms with Gasteiger partial charge in [-0.15, -0.1) is 0 Å². The number of aliphatic hydroxyl groups is 1. The van der Waals surface area contributed by atoms with Gasteiger partial charge in [0, 0.05) is 17.2 Å². The van der Waals surface area contributed by atoms with Gasteiger partial charge in [-0.3, -0.25) is 0 Å². The van der Waals surface area contributed by atoms with Crippen molar-refractivity contribution in [2.45, 2.75) is 20.0 Å². The van der Waals surface area contributed by atoms with Gasteiger partial charge in [-0.05, 0) is 27.9 Å². The lowest BCUT2D eigenvalue weighted by Crippen LogP contribution is -2.25. The van der Waals surface area contributed by atoms with Crippen molar-refractivity contribution in [3.63, 3.8) is 0 Å². The summed E-state index contributed by atoms with van der Waals surface area (Å²) >= 11 is 3.28. The number of nitrogens with two attached hydrogens (primary N) is 1. The molecule has 4 nitrogen and oxygen atoms in total. The van der Waals surface area contributed by atoms with Crippen LogP contribution >= 0.6 is 15.9 Å². The summed E-state index contributed by atoms with van der Waals surface area (Å²) in [6.07, 6.45) is 1.27. The number of halogens is 1. The van der Waals surface area contributed by atoms with E-state index in [4.69, 9.17) is 5.73 Å². The van der Waals surface area contributed by atoms with Crippen LogP contribution in [0, 0.1) is 5.92 Å². The van der Waals surface area contributed by atoms with Crippen molar-refractivity contribution in [1.82, 2.24) is 4.98 Å². The highest BCUT2D eigenvalue weighted by Crippen LogP contribution is 2.19. The van der Waals surface area contributed by atoms with E-state index in [1.165, 1.54) is 0 Å². The fraction of sp³-hybridized carbons (Fsp3) is 0.500. The van der Waals surface area contributed by atoms with E-state index in [1.807, 2.05) is 13.8 Å². The van der Waals surface area contributed by atoms with Gasteiger partial charge in [0.15, 0.2) is 0 Å². The predicted octanol–water partition coefficient (Wildman–Crippen LogP) is 1.86. The molecule has 0 bridgehead atoms. The van der Waals surface area contributed by atoms with Gasteiger partial charge >= 0.3 is 0 Å². The van der Waals surface area contributed by atoms with Gasteiger partial charge in [0.2, 0.25) is 0 Å². The number of aliphatic hydroxyl groups excluding tert-OH is 1. The van der Waals surface area contributed by atoms with E-state index in [0.29, 0.717) is 18.1 Å². The fourth-order valence-corrected chi connectivity index (χ4v) is 1.39. The summed E-state index contributed by atoms with van der Waals surface area (Å²) in [5.74, 6) is 0.826. The van der Waals surface area contributed by atoms with Gasteiger partial charge in [-0.2, -0.15) is 0 Å². The minimum Gasteiger partial charge on any atom is -0.396 e. The average molecular weight is 274 g/mol. The van der Waals surface area contributed by atoms with Crippen LogP contribution in [0.2, 0.25) is 0 Å². The van der Waals surface area contributed by atoms with Crippen molar-refractivity contribution in [1.29, 1.82) is 0 Å². The summed E-state index contributed by atoms with van der Waals surface area (Å²) in [5, 5.41) is 12.6. The van der Waals surface area contributed by atoms with Crippen LogP contribution in [0.1, 0.15) is 13.8 Å². The van der Waals surface area contributed by atoms with E-state index in [2.05, 4.69) is 26.2 Å². The summed E-state index contributed by atoms with van der Waals surface area (Å²) < 4.78 is 0.843. The van der Waals surface area contributed by atoms with Crippen LogP contribution in [-0.4, -0.2) is 22.7 Å². The van der Waals surface area contributed by atoms with Crippen LogP contribution in [0.25, 0.3) is 0 Å². The van der Waals surface area contributed by atoms with Gasteiger partial charge < -0.3 is 16.2 Å². The van der Waals surface area contributed by atoms with E-state index < -0.39 is 6.10 Å². The molecular formula is C10H16BrN3O. The minimum atomic E-state index is -0.394. The van der Waals surface area contributed by atoms with Crippen LogP contribution in [-0.2, 0) is 0 Å². The zero-order valence-electron chi connectivity index (χ0n) is 8.87. The van der Waals surface area contributed by atoms with Gasteiger partial charge in [0.05, 0.1) is 11.8 Å². The van der Waals surface area contributed by atoms with Gasteiger partial charge in [-0.1, -0.05) is 13.8 Å². The molecule has 0 aliphatic rings. The summed E-state index contributed by atoms with van der Waals surface area (Å²) in [6.45, 7) is 4.38. The van der Waals surface area contributed by atoms with Crippen molar-refractivity contribution in [3.05, 3.63) is 16.7 Å². The van der Waals surface area contributed by atoms with Crippen molar-refractivity contribution in [2.75, 3.05) is 17.6 Å². The maximum Gasteiger partial charge on any atom is 0.149 e. The number of anilines is 2. The van der Waals surface area contributed by atoms with E-state index in [-0.39, 0.29) is 5.92 Å². The molecule has 4 N–H and O–H groups in total. The van der Waals surface area contributed by atoms with Crippen LogP contribution in [0.4, 0.5) is 11.5 Å². The van der Waals surface area contributed by atoms with Crippen LogP contribution < -0.4 is 11.1 Å². The van der Waals surface area contributed by atoms with Crippen molar-refractivity contribution in [2.24, 2.45) is 5.92 Å². The number of hydrogen-bond donors (Lipinski definition) is 3. The normalized spacial score (nSPS) is 12.9. The number of nitrogens with one attached hydrogen (secondary N) is 1. The monoisotopic (exact) mass is 273 g/mol. The zero-order valence-corrected chi connectivity index (χ0v) is 10.5. The molecule has 0 aromatic carbocycles. The van der Waals surface area contributed by atoms with Crippen LogP contribution in [0.5, 0.6) is 0 Å². The summed E-state index contributed by atoms with van der Waals surface area (Å²) in [5.41, 5.74) is 6.32. The van der Waals surface area contributed by atoms with Crippen LogP contribution in [0.3, 0.4) is 0 Å². The lowest BCUT2D eigenvalue weighted by molar-refractivity contribution is 0.138. The number of pyridine rings is 1. The number of rotatable bonds is 4. The molecule has 0 spiro atoms. The molecule has 1 aromatic rings. The Balaban J connectivity index is 2.58. The van der Waals surface area contributed by atoms with Crippen molar-refractivity contribution >= 4 is 27.4 Å². The fourth-order valence-electron chi connectivity index (χ4n) is 1.04. The second kappa shape index (κ2) is 5.32. The Hall–Kier alpha value is -0.810. The highest BCUT2D eigenvalue weighted by atomic mass is 79.9. The van der Waals surface area contributed by atoms with E-state index >= 15 is 0 Å². The molecule has 15 heavy (non-hydrogen) atoms. The largest absolute Gasteiger partial charge is 0.396 e. The number of nitrogen functional groups attached to an aromatic ring is 1. The summed E-state index contributed by atoms with van der Waals surface area (Å²) in [6, 6.07) is 1.77. The number of hydrogen-bond acceptors (Lipinski definition) is 4. The third-order valence-electron chi connectivity index (χ3n) is 2.13. The Kier molecular flexibility index (Phi) is 4.35. The lowest BCUT2D eigenvalue weighted by atomic mass is 10.1. The van der Waals surface area contributed by atoms with E-state index in [9.17, 15) is 5.11 Å². The topological polar surface area (TPSA) is 71.2 Å². The molecule has 0 saturated carbocycles. The minimum absolute atomic E-state index is 0.217. The van der Waals surface area contributed by atoms with Gasteiger partial charge in [-0.25, -0.2) is 4.98 Å². The molecule has 1 heterocycles. The van der Waals surface area contributed by atoms with E-state index in [0.717, 1.165) is 4.47 Å².